The molecule has 1 aliphatic heterocycles. The topological polar surface area (TPSA) is 108 Å². The molecule has 8 heteroatoms. The number of benzene rings is 2. The Bertz CT molecular complexity index is 991. The van der Waals surface area contributed by atoms with Gasteiger partial charge in [0, 0.05) is 37.3 Å². The Morgan fingerprint density at radius 2 is 1.45 bits per heavy atom. The van der Waals surface area contributed by atoms with Gasteiger partial charge < -0.3 is 10.6 Å². The number of hydrogen-bond acceptors (Lipinski definition) is 4. The maximum atomic E-state index is 12.9. The Balaban J connectivity index is 1.66. The molecule has 2 aromatic carbocycles. The normalized spacial score (nSPS) is 15.5. The van der Waals surface area contributed by atoms with Gasteiger partial charge in [-0.1, -0.05) is 38.1 Å². The summed E-state index contributed by atoms with van der Waals surface area (Å²) in [4.78, 5) is 14.6. The van der Waals surface area contributed by atoms with Crippen molar-refractivity contribution in [1.82, 2.24) is 9.21 Å². The van der Waals surface area contributed by atoms with Crippen molar-refractivity contribution < 1.29 is 13.2 Å². The van der Waals surface area contributed by atoms with Crippen molar-refractivity contribution >= 4 is 21.8 Å². The zero-order chi connectivity index (χ0) is 21.2. The molecule has 1 heterocycles. The van der Waals surface area contributed by atoms with Crippen LogP contribution in [0.25, 0.3) is 0 Å². The zero-order valence-electron chi connectivity index (χ0n) is 16.6. The van der Waals surface area contributed by atoms with Crippen molar-refractivity contribution in [2.24, 2.45) is 5.73 Å². The molecule has 0 aromatic heterocycles. The largest absolute Gasteiger partial charge is 0.384 e. The molecule has 0 aliphatic carbocycles. The molecule has 1 aliphatic rings. The fraction of sp³-hybridized carbons (Fsp3) is 0.333. The average molecular weight is 415 g/mol. The van der Waals surface area contributed by atoms with Gasteiger partial charge in [-0.15, -0.1) is 0 Å². The van der Waals surface area contributed by atoms with Crippen LogP contribution in [0.4, 0.5) is 0 Å². The van der Waals surface area contributed by atoms with Crippen LogP contribution in [0.15, 0.2) is 53.4 Å². The number of carbonyl (C=O) groups is 1. The van der Waals surface area contributed by atoms with Gasteiger partial charge in [-0.2, -0.15) is 4.31 Å². The molecular weight excluding hydrogens is 388 g/mol. The molecule has 1 saturated heterocycles. The number of piperazine rings is 1. The maximum absolute atomic E-state index is 12.9. The van der Waals surface area contributed by atoms with E-state index in [1.54, 1.807) is 41.3 Å². The summed E-state index contributed by atoms with van der Waals surface area (Å²) in [7, 11) is -3.58. The highest BCUT2D eigenvalue weighted by atomic mass is 32.2. The molecule has 1 fully saturated rings. The van der Waals surface area contributed by atoms with Gasteiger partial charge in [0.2, 0.25) is 10.0 Å². The highest BCUT2D eigenvalue weighted by Crippen LogP contribution is 2.21. The van der Waals surface area contributed by atoms with Gasteiger partial charge >= 0.3 is 0 Å². The van der Waals surface area contributed by atoms with Gasteiger partial charge in [0.25, 0.3) is 5.91 Å². The van der Waals surface area contributed by atoms with Crippen molar-refractivity contribution in [3.63, 3.8) is 0 Å². The second-order valence-corrected chi connectivity index (χ2v) is 9.35. The lowest BCUT2D eigenvalue weighted by atomic mass is 10.0. The smallest absolute Gasteiger partial charge is 0.253 e. The lowest BCUT2D eigenvalue weighted by Gasteiger charge is -2.34. The third-order valence-electron chi connectivity index (χ3n) is 5.15. The number of sulfonamides is 1. The number of nitrogens with two attached hydrogens (primary N) is 1. The number of hydrogen-bond donors (Lipinski definition) is 2. The van der Waals surface area contributed by atoms with Crippen LogP contribution < -0.4 is 5.73 Å². The van der Waals surface area contributed by atoms with Gasteiger partial charge in [0.05, 0.1) is 4.90 Å². The van der Waals surface area contributed by atoms with Crippen molar-refractivity contribution in [2.45, 2.75) is 24.7 Å². The maximum Gasteiger partial charge on any atom is 0.253 e. The van der Waals surface area contributed by atoms with E-state index in [9.17, 15) is 13.2 Å². The van der Waals surface area contributed by atoms with Crippen LogP contribution in [0, 0.1) is 5.41 Å². The van der Waals surface area contributed by atoms with Gasteiger partial charge in [0.1, 0.15) is 5.84 Å². The van der Waals surface area contributed by atoms with Crippen LogP contribution in [0.1, 0.15) is 41.3 Å². The highest BCUT2D eigenvalue weighted by Gasteiger charge is 2.30. The molecule has 3 N–H and O–H groups in total. The van der Waals surface area contributed by atoms with E-state index in [4.69, 9.17) is 11.1 Å². The van der Waals surface area contributed by atoms with Gasteiger partial charge in [-0.05, 0) is 35.7 Å². The third kappa shape index (κ3) is 4.49. The van der Waals surface area contributed by atoms with E-state index in [0.29, 0.717) is 30.1 Å². The monoisotopic (exact) mass is 414 g/mol. The summed E-state index contributed by atoms with van der Waals surface area (Å²) in [5.41, 5.74) is 7.58. The standard InChI is InChI=1S/C21H26N4O3S/c1-15(2)16-7-9-19(10-8-16)29(27,28)25-13-11-24(12-14-25)21(26)18-5-3-17(4-6-18)20(22)23/h3-10,15H,11-14H2,1-2H3,(H3,22,23). The van der Waals surface area contributed by atoms with Crippen LogP contribution in [-0.2, 0) is 10.0 Å². The third-order valence-corrected chi connectivity index (χ3v) is 7.07. The van der Waals surface area contributed by atoms with E-state index in [2.05, 4.69) is 13.8 Å². The van der Waals surface area contributed by atoms with E-state index in [1.807, 2.05) is 12.1 Å². The molecule has 2 aromatic rings. The van der Waals surface area contributed by atoms with Crippen LogP contribution >= 0.6 is 0 Å². The molecule has 0 unspecified atom stereocenters. The number of amides is 1. The van der Waals surface area contributed by atoms with Gasteiger partial charge in [-0.25, -0.2) is 8.42 Å². The fourth-order valence-electron chi connectivity index (χ4n) is 3.28. The minimum absolute atomic E-state index is 0.0516. The molecule has 29 heavy (non-hydrogen) atoms. The predicted octanol–water partition coefficient (Wildman–Crippen LogP) is 2.24. The fourth-order valence-corrected chi connectivity index (χ4v) is 4.70. The van der Waals surface area contributed by atoms with Crippen molar-refractivity contribution in [3.8, 4) is 0 Å². The number of amidine groups is 1. The summed E-state index contributed by atoms with van der Waals surface area (Å²) < 4.78 is 27.2. The first-order valence-corrected chi connectivity index (χ1v) is 11.0. The van der Waals surface area contributed by atoms with E-state index < -0.39 is 10.0 Å². The second-order valence-electron chi connectivity index (χ2n) is 7.41. The Labute approximate surface area is 171 Å². The number of nitrogens with one attached hydrogen (secondary N) is 1. The molecule has 7 nitrogen and oxygen atoms in total. The summed E-state index contributed by atoms with van der Waals surface area (Å²) in [6.45, 7) is 5.30. The number of rotatable bonds is 5. The number of nitrogen functional groups attached to an aromatic ring is 1. The summed E-state index contributed by atoms with van der Waals surface area (Å²) in [5.74, 6) is 0.133. The first kappa shape index (κ1) is 21.0. The van der Waals surface area contributed by atoms with Crippen LogP contribution in [0.2, 0.25) is 0 Å². The lowest BCUT2D eigenvalue weighted by molar-refractivity contribution is 0.0698. The van der Waals surface area contributed by atoms with Crippen molar-refractivity contribution in [3.05, 3.63) is 65.2 Å². The number of carbonyl (C=O) groups excluding carboxylic acids is 1. The summed E-state index contributed by atoms with van der Waals surface area (Å²) in [5, 5.41) is 7.41. The Kier molecular flexibility index (Phi) is 6.04. The van der Waals surface area contributed by atoms with E-state index >= 15 is 0 Å². The molecule has 0 bridgehead atoms. The second kappa shape index (κ2) is 8.34. The predicted molar refractivity (Wildman–Crippen MR) is 113 cm³/mol. The molecule has 154 valence electrons. The van der Waals surface area contributed by atoms with Gasteiger partial charge in [0.15, 0.2) is 0 Å². The lowest BCUT2D eigenvalue weighted by Crippen LogP contribution is -2.50. The average Bonchev–Trinajstić information content (AvgIpc) is 2.73. The Morgan fingerprint density at radius 1 is 0.931 bits per heavy atom. The molecular formula is C21H26N4O3S. The molecule has 0 radical (unpaired) electrons. The molecule has 1 amide bonds. The van der Waals surface area contributed by atoms with E-state index in [1.165, 1.54) is 4.31 Å². The zero-order valence-corrected chi connectivity index (χ0v) is 17.4. The first-order chi connectivity index (χ1) is 13.7. The quantitative estimate of drug-likeness (QED) is 0.578. The first-order valence-electron chi connectivity index (χ1n) is 9.54. The van der Waals surface area contributed by atoms with E-state index in [0.717, 1.165) is 5.56 Å². The minimum Gasteiger partial charge on any atom is -0.384 e. The highest BCUT2D eigenvalue weighted by molar-refractivity contribution is 7.89. The Hall–Kier alpha value is -2.71. The van der Waals surface area contributed by atoms with Crippen LogP contribution in [0.5, 0.6) is 0 Å². The Morgan fingerprint density at radius 3 is 1.93 bits per heavy atom. The van der Waals surface area contributed by atoms with Crippen LogP contribution in [0.3, 0.4) is 0 Å². The summed E-state index contributed by atoms with van der Waals surface area (Å²) >= 11 is 0. The van der Waals surface area contributed by atoms with E-state index in [-0.39, 0.29) is 29.7 Å². The molecule has 0 atom stereocenters. The summed E-state index contributed by atoms with van der Waals surface area (Å²) in [6.07, 6.45) is 0. The molecule has 0 saturated carbocycles. The van der Waals surface area contributed by atoms with Crippen molar-refractivity contribution in [1.29, 1.82) is 5.41 Å². The van der Waals surface area contributed by atoms with Crippen LogP contribution in [-0.4, -0.2) is 55.5 Å². The minimum atomic E-state index is -3.58. The number of nitrogens with zero attached hydrogens (tertiary/aromatic N) is 2. The molecule has 3 rings (SSSR count). The summed E-state index contributed by atoms with van der Waals surface area (Å²) in [6, 6.07) is 13.5. The van der Waals surface area contributed by atoms with Crippen molar-refractivity contribution in [2.75, 3.05) is 26.2 Å². The van der Waals surface area contributed by atoms with Gasteiger partial charge in [-0.3, -0.25) is 10.2 Å². The molecule has 0 spiro atoms. The SMILES string of the molecule is CC(C)c1ccc(S(=O)(=O)N2CCN(C(=O)c3ccc(C(=N)N)cc3)CC2)cc1.